The molecule has 0 amide bonds. The van der Waals surface area contributed by atoms with Crippen molar-refractivity contribution in [2.24, 2.45) is 5.73 Å². The smallest absolute Gasteiger partial charge is 0.320 e. The Morgan fingerprint density at radius 2 is 2.14 bits per heavy atom. The number of carboxylic acids is 1. The number of aromatic nitrogens is 1. The summed E-state index contributed by atoms with van der Waals surface area (Å²) >= 11 is 1.55. The number of benzene rings is 1. The van der Waals surface area contributed by atoms with Gasteiger partial charge in [0.1, 0.15) is 5.01 Å². The third-order valence-electron chi connectivity index (χ3n) is 5.39. The first-order valence-corrected chi connectivity index (χ1v) is 12.1. The lowest BCUT2D eigenvalue weighted by Crippen LogP contribution is -2.53. The maximum atomic E-state index is 12.9. The van der Waals surface area contributed by atoms with Gasteiger partial charge in [-0.3, -0.25) is 14.3 Å². The van der Waals surface area contributed by atoms with E-state index in [0.29, 0.717) is 32.5 Å². The van der Waals surface area contributed by atoms with E-state index in [2.05, 4.69) is 4.98 Å². The fourth-order valence-electron chi connectivity index (χ4n) is 3.79. The van der Waals surface area contributed by atoms with Crippen LogP contribution in [0.2, 0.25) is 0 Å². The Balaban J connectivity index is 1.85. The van der Waals surface area contributed by atoms with E-state index in [0.717, 1.165) is 16.1 Å². The maximum Gasteiger partial charge on any atom is 0.320 e. The minimum Gasteiger partial charge on any atom is -0.480 e. The van der Waals surface area contributed by atoms with Gasteiger partial charge in [-0.2, -0.15) is 0 Å². The Kier molecular flexibility index (Phi) is 6.68. The first kappa shape index (κ1) is 21.1. The van der Waals surface area contributed by atoms with Crippen LogP contribution in [-0.2, 0) is 15.9 Å². The van der Waals surface area contributed by atoms with Crippen LogP contribution >= 0.6 is 18.7 Å². The van der Waals surface area contributed by atoms with Gasteiger partial charge in [0, 0.05) is 42.9 Å². The van der Waals surface area contributed by atoms with Gasteiger partial charge in [0.25, 0.3) is 0 Å². The van der Waals surface area contributed by atoms with Gasteiger partial charge in [0.05, 0.1) is 0 Å². The summed E-state index contributed by atoms with van der Waals surface area (Å²) < 4.78 is 12.9. The Bertz CT molecular complexity index is 861. The Labute approximate surface area is 168 Å². The van der Waals surface area contributed by atoms with E-state index in [9.17, 15) is 19.4 Å². The first-order valence-electron chi connectivity index (χ1n) is 9.35. The Morgan fingerprint density at radius 3 is 2.82 bits per heavy atom. The molecule has 0 spiro atoms. The molecule has 9 heteroatoms. The molecule has 1 saturated heterocycles. The fourth-order valence-corrected chi connectivity index (χ4v) is 6.70. The predicted octanol–water partition coefficient (Wildman–Crippen LogP) is 2.85. The molecule has 4 N–H and O–H groups in total. The van der Waals surface area contributed by atoms with E-state index >= 15 is 0 Å². The van der Waals surface area contributed by atoms with Gasteiger partial charge in [-0.15, -0.1) is 11.3 Å². The number of unbranched alkanes of at least 4 members (excludes halogenated alkanes) is 1. The second-order valence-electron chi connectivity index (χ2n) is 7.21. The Hall–Kier alpha value is -1.57. The summed E-state index contributed by atoms with van der Waals surface area (Å²) in [6.07, 6.45) is 3.07. The van der Waals surface area contributed by atoms with E-state index in [4.69, 9.17) is 5.73 Å². The number of nitrogens with two attached hydrogens (primary N) is 1. The van der Waals surface area contributed by atoms with Crippen molar-refractivity contribution in [1.29, 1.82) is 0 Å². The largest absolute Gasteiger partial charge is 0.480 e. The van der Waals surface area contributed by atoms with Crippen LogP contribution in [0.5, 0.6) is 0 Å². The molecule has 0 radical (unpaired) electrons. The SMILES string of the molecule is NCCCCC1(C(=O)O)CN(Cc2ccccc2-c2nccs2)CCP1(=O)O. The summed E-state index contributed by atoms with van der Waals surface area (Å²) in [4.78, 5) is 29.1. The molecule has 2 unspecified atom stereocenters. The summed E-state index contributed by atoms with van der Waals surface area (Å²) in [6.45, 7) is 1.41. The topological polar surface area (TPSA) is 117 Å². The van der Waals surface area contributed by atoms with Crippen molar-refractivity contribution in [1.82, 2.24) is 9.88 Å². The van der Waals surface area contributed by atoms with Gasteiger partial charge in [-0.1, -0.05) is 30.7 Å². The number of carbonyl (C=O) groups is 1. The van der Waals surface area contributed by atoms with Crippen LogP contribution in [0.15, 0.2) is 35.8 Å². The van der Waals surface area contributed by atoms with E-state index in [-0.39, 0.29) is 19.1 Å². The van der Waals surface area contributed by atoms with Gasteiger partial charge in [-0.25, -0.2) is 4.98 Å². The molecule has 7 nitrogen and oxygen atoms in total. The Morgan fingerprint density at radius 1 is 1.36 bits per heavy atom. The van der Waals surface area contributed by atoms with Crippen molar-refractivity contribution in [3.05, 3.63) is 41.4 Å². The molecule has 28 heavy (non-hydrogen) atoms. The molecule has 1 aliphatic rings. The van der Waals surface area contributed by atoms with Crippen molar-refractivity contribution in [3.63, 3.8) is 0 Å². The van der Waals surface area contributed by atoms with E-state index < -0.39 is 18.5 Å². The van der Waals surface area contributed by atoms with Gasteiger partial charge < -0.3 is 15.7 Å². The molecule has 0 saturated carbocycles. The zero-order valence-electron chi connectivity index (χ0n) is 15.7. The highest BCUT2D eigenvalue weighted by molar-refractivity contribution is 7.61. The summed E-state index contributed by atoms with van der Waals surface area (Å²) in [5.41, 5.74) is 7.58. The van der Waals surface area contributed by atoms with E-state index in [1.54, 1.807) is 17.5 Å². The number of hydrogen-bond donors (Lipinski definition) is 3. The predicted molar refractivity (Wildman–Crippen MR) is 111 cm³/mol. The number of nitrogens with zero attached hydrogens (tertiary/aromatic N) is 2. The fraction of sp³-hybridized carbons (Fsp3) is 0.474. The minimum atomic E-state index is -3.82. The van der Waals surface area contributed by atoms with Crippen molar-refractivity contribution in [2.45, 2.75) is 31.0 Å². The van der Waals surface area contributed by atoms with Crippen LogP contribution in [0.3, 0.4) is 0 Å². The van der Waals surface area contributed by atoms with Crippen molar-refractivity contribution >= 4 is 24.7 Å². The lowest BCUT2D eigenvalue weighted by molar-refractivity contribution is -0.141. The normalized spacial score (nSPS) is 25.6. The molecule has 0 aliphatic carbocycles. The number of aliphatic carboxylic acids is 1. The van der Waals surface area contributed by atoms with Crippen LogP contribution in [0.4, 0.5) is 0 Å². The van der Waals surface area contributed by atoms with Crippen LogP contribution in [0.1, 0.15) is 24.8 Å². The summed E-state index contributed by atoms with van der Waals surface area (Å²) in [7, 11) is -3.82. The number of hydrogen-bond acceptors (Lipinski definition) is 6. The van der Waals surface area contributed by atoms with Crippen molar-refractivity contribution in [3.8, 4) is 10.6 Å². The van der Waals surface area contributed by atoms with Gasteiger partial charge in [0.2, 0.25) is 7.37 Å². The summed E-state index contributed by atoms with van der Waals surface area (Å²) in [5, 5.41) is 11.1. The molecule has 2 atom stereocenters. The molecule has 3 rings (SSSR count). The molecule has 0 bridgehead atoms. The standard InChI is InChI=1S/C19H26N3O4PS/c20-8-4-3-7-19(18(23)24)14-22(10-11-27(19,25)26)13-15-5-1-2-6-16(15)17-21-9-12-28-17/h1-2,5-6,9,12H,3-4,7-8,10-11,13-14,20H2,(H,23,24)(H,25,26). The highest BCUT2D eigenvalue weighted by atomic mass is 32.1. The van der Waals surface area contributed by atoms with Gasteiger partial charge in [-0.05, 0) is 24.9 Å². The third-order valence-corrected chi connectivity index (χ3v) is 8.90. The molecular formula is C19H26N3O4PS. The lowest BCUT2D eigenvalue weighted by Gasteiger charge is -2.43. The lowest BCUT2D eigenvalue weighted by atomic mass is 9.98. The van der Waals surface area contributed by atoms with Gasteiger partial charge >= 0.3 is 5.97 Å². The number of carboxylic acid groups (broad SMARTS) is 1. The maximum absolute atomic E-state index is 12.9. The minimum absolute atomic E-state index is 0.0126. The van der Waals surface area contributed by atoms with Crippen molar-refractivity contribution < 1.29 is 19.4 Å². The highest BCUT2D eigenvalue weighted by Crippen LogP contribution is 2.59. The van der Waals surface area contributed by atoms with E-state index in [1.165, 1.54) is 0 Å². The summed E-state index contributed by atoms with van der Waals surface area (Å²) in [5.74, 6) is -1.19. The quantitative estimate of drug-likeness (QED) is 0.441. The summed E-state index contributed by atoms with van der Waals surface area (Å²) in [6, 6.07) is 7.90. The first-order chi connectivity index (χ1) is 13.4. The van der Waals surface area contributed by atoms with Crippen LogP contribution in [-0.4, -0.2) is 56.8 Å². The van der Waals surface area contributed by atoms with Gasteiger partial charge in [0.15, 0.2) is 5.16 Å². The van der Waals surface area contributed by atoms with Crippen LogP contribution in [0, 0.1) is 0 Å². The van der Waals surface area contributed by atoms with Crippen LogP contribution < -0.4 is 5.73 Å². The zero-order chi connectivity index (χ0) is 20.2. The monoisotopic (exact) mass is 423 g/mol. The molecule has 1 aliphatic heterocycles. The molecule has 2 aromatic rings. The molecule has 2 heterocycles. The average Bonchev–Trinajstić information content (AvgIpc) is 3.19. The molecule has 1 aromatic heterocycles. The molecule has 1 aromatic carbocycles. The van der Waals surface area contributed by atoms with Crippen LogP contribution in [0.25, 0.3) is 10.6 Å². The number of thiazole rings is 1. The number of rotatable bonds is 8. The highest BCUT2D eigenvalue weighted by Gasteiger charge is 2.56. The molecular weight excluding hydrogens is 397 g/mol. The third kappa shape index (κ3) is 4.21. The van der Waals surface area contributed by atoms with Crippen molar-refractivity contribution in [2.75, 3.05) is 25.8 Å². The molecule has 152 valence electrons. The second kappa shape index (κ2) is 8.84. The van der Waals surface area contributed by atoms with E-state index in [1.807, 2.05) is 34.5 Å². The average molecular weight is 423 g/mol. The zero-order valence-corrected chi connectivity index (χ0v) is 17.4. The molecule has 1 fully saturated rings. The second-order valence-corrected chi connectivity index (χ2v) is 10.8.